The first-order chi connectivity index (χ1) is 9.28. The van der Waals surface area contributed by atoms with Gasteiger partial charge in [-0.3, -0.25) is 4.79 Å². The van der Waals surface area contributed by atoms with Gasteiger partial charge in [-0.15, -0.1) is 0 Å². The molecule has 0 radical (unpaired) electrons. The van der Waals surface area contributed by atoms with Gasteiger partial charge in [0.15, 0.2) is 0 Å². The number of amides is 2. The van der Waals surface area contributed by atoms with Crippen molar-refractivity contribution in [2.45, 2.75) is 27.2 Å². The van der Waals surface area contributed by atoms with Gasteiger partial charge in [0.25, 0.3) is 0 Å². The molecule has 0 aliphatic rings. The van der Waals surface area contributed by atoms with E-state index in [1.165, 1.54) is 18.2 Å². The van der Waals surface area contributed by atoms with Gasteiger partial charge in [0.1, 0.15) is 5.82 Å². The molecule has 1 atom stereocenters. The van der Waals surface area contributed by atoms with Crippen LogP contribution in [-0.2, 0) is 4.79 Å². The number of hydrogen-bond acceptors (Lipinski definition) is 2. The molecule has 0 fully saturated rings. The third-order valence-electron chi connectivity index (χ3n) is 3.37. The van der Waals surface area contributed by atoms with Crippen LogP contribution in [0, 0.1) is 18.2 Å². The Balaban J connectivity index is 2.62. The van der Waals surface area contributed by atoms with E-state index in [4.69, 9.17) is 5.11 Å². The first-order valence-corrected chi connectivity index (χ1v) is 6.33. The summed E-state index contributed by atoms with van der Waals surface area (Å²) in [6.45, 7) is 5.01. The van der Waals surface area contributed by atoms with Crippen LogP contribution in [0.1, 0.15) is 25.8 Å². The number of rotatable bonds is 5. The smallest absolute Gasteiger partial charge is 0.319 e. The summed E-state index contributed by atoms with van der Waals surface area (Å²) in [5.74, 6) is -1.34. The van der Waals surface area contributed by atoms with Crippen LogP contribution in [0.15, 0.2) is 18.2 Å². The largest absolute Gasteiger partial charge is 0.481 e. The van der Waals surface area contributed by atoms with Crippen molar-refractivity contribution in [2.24, 2.45) is 5.41 Å². The fraction of sp³-hybridized carbons (Fsp3) is 0.429. The summed E-state index contributed by atoms with van der Waals surface area (Å²) < 4.78 is 12.9. The standard InChI is InChI=1S/C14H19FN2O3/c1-4-14(3,12(18)19)8-16-13(20)17-11-6-5-10(15)7-9(11)2/h5-7H,4,8H2,1-3H3,(H,18,19)(H2,16,17,20). The van der Waals surface area contributed by atoms with Crippen LogP contribution in [0.25, 0.3) is 0 Å². The van der Waals surface area contributed by atoms with Crippen LogP contribution in [0.2, 0.25) is 0 Å². The van der Waals surface area contributed by atoms with E-state index >= 15 is 0 Å². The van der Waals surface area contributed by atoms with Gasteiger partial charge in [-0.05, 0) is 44.0 Å². The molecule has 6 heteroatoms. The first-order valence-electron chi connectivity index (χ1n) is 6.33. The molecule has 1 rings (SSSR count). The van der Waals surface area contributed by atoms with E-state index in [0.717, 1.165) is 0 Å². The minimum atomic E-state index is -1.00. The number of urea groups is 1. The Bertz CT molecular complexity index is 519. The summed E-state index contributed by atoms with van der Waals surface area (Å²) in [5.41, 5.74) is 0.0731. The SMILES string of the molecule is CCC(C)(CNC(=O)Nc1ccc(F)cc1C)C(=O)O. The zero-order chi connectivity index (χ0) is 15.3. The second-order valence-electron chi connectivity index (χ2n) is 4.99. The fourth-order valence-electron chi connectivity index (χ4n) is 1.56. The summed E-state index contributed by atoms with van der Waals surface area (Å²) in [6.07, 6.45) is 0.401. The molecule has 0 saturated carbocycles. The van der Waals surface area contributed by atoms with E-state index < -0.39 is 17.4 Å². The molecule has 5 nitrogen and oxygen atoms in total. The molecule has 0 spiro atoms. The molecule has 110 valence electrons. The minimum Gasteiger partial charge on any atom is -0.481 e. The fourth-order valence-corrected chi connectivity index (χ4v) is 1.56. The van der Waals surface area contributed by atoms with Crippen molar-refractivity contribution in [3.63, 3.8) is 0 Å². The van der Waals surface area contributed by atoms with Gasteiger partial charge in [-0.25, -0.2) is 9.18 Å². The Labute approximate surface area is 117 Å². The Morgan fingerprint density at radius 3 is 2.55 bits per heavy atom. The van der Waals surface area contributed by atoms with Crippen LogP contribution in [0.5, 0.6) is 0 Å². The predicted octanol–water partition coefficient (Wildman–Crippen LogP) is 2.76. The second-order valence-corrected chi connectivity index (χ2v) is 4.99. The van der Waals surface area contributed by atoms with E-state index in [2.05, 4.69) is 10.6 Å². The van der Waals surface area contributed by atoms with Crippen molar-refractivity contribution < 1.29 is 19.1 Å². The van der Waals surface area contributed by atoms with Gasteiger partial charge in [0.05, 0.1) is 5.41 Å². The maximum Gasteiger partial charge on any atom is 0.319 e. The summed E-state index contributed by atoms with van der Waals surface area (Å²) >= 11 is 0. The average Bonchev–Trinajstić information content (AvgIpc) is 2.39. The van der Waals surface area contributed by atoms with Crippen LogP contribution < -0.4 is 10.6 Å². The highest BCUT2D eigenvalue weighted by Crippen LogP contribution is 2.20. The van der Waals surface area contributed by atoms with Gasteiger partial charge >= 0.3 is 12.0 Å². The molecule has 1 unspecified atom stereocenters. The average molecular weight is 282 g/mol. The number of carboxylic acid groups (broad SMARTS) is 1. The molecule has 1 aromatic rings. The predicted molar refractivity (Wildman–Crippen MR) is 74.2 cm³/mol. The van der Waals surface area contributed by atoms with Crippen molar-refractivity contribution in [2.75, 3.05) is 11.9 Å². The number of hydrogen-bond donors (Lipinski definition) is 3. The topological polar surface area (TPSA) is 78.4 Å². The Morgan fingerprint density at radius 2 is 2.05 bits per heavy atom. The number of carbonyl (C=O) groups is 2. The Kier molecular flexibility index (Phi) is 5.07. The maximum absolute atomic E-state index is 12.9. The number of aliphatic carboxylic acids is 1. The number of carbonyl (C=O) groups excluding carboxylic acids is 1. The number of anilines is 1. The number of benzene rings is 1. The van der Waals surface area contributed by atoms with Crippen molar-refractivity contribution in [3.8, 4) is 0 Å². The summed E-state index contributed by atoms with van der Waals surface area (Å²) in [4.78, 5) is 22.8. The lowest BCUT2D eigenvalue weighted by atomic mass is 9.88. The second kappa shape index (κ2) is 6.36. The van der Waals surface area contributed by atoms with E-state index in [0.29, 0.717) is 17.7 Å². The normalized spacial score (nSPS) is 13.4. The van der Waals surface area contributed by atoms with Crippen molar-refractivity contribution in [3.05, 3.63) is 29.6 Å². The highest BCUT2D eigenvalue weighted by Gasteiger charge is 2.31. The van der Waals surface area contributed by atoms with Crippen molar-refractivity contribution in [1.29, 1.82) is 0 Å². The van der Waals surface area contributed by atoms with Crippen LogP contribution >= 0.6 is 0 Å². The number of aryl methyl sites for hydroxylation is 1. The highest BCUT2D eigenvalue weighted by atomic mass is 19.1. The zero-order valence-corrected chi connectivity index (χ0v) is 11.8. The number of carboxylic acids is 1. The lowest BCUT2D eigenvalue weighted by Crippen LogP contribution is -2.42. The third kappa shape index (κ3) is 3.94. The summed E-state index contributed by atoms with van der Waals surface area (Å²) in [7, 11) is 0. The van der Waals surface area contributed by atoms with Gasteiger partial charge in [0, 0.05) is 12.2 Å². The molecule has 20 heavy (non-hydrogen) atoms. The molecular formula is C14H19FN2O3. The number of nitrogens with one attached hydrogen (secondary N) is 2. The molecule has 0 heterocycles. The molecule has 1 aromatic carbocycles. The van der Waals surface area contributed by atoms with Crippen molar-refractivity contribution >= 4 is 17.7 Å². The molecule has 0 saturated heterocycles. The van der Waals surface area contributed by atoms with E-state index in [-0.39, 0.29) is 12.4 Å². The quantitative estimate of drug-likeness (QED) is 0.777. The maximum atomic E-state index is 12.9. The van der Waals surface area contributed by atoms with Crippen LogP contribution in [0.4, 0.5) is 14.9 Å². The molecule has 2 amide bonds. The van der Waals surface area contributed by atoms with Gasteiger partial charge in [-0.1, -0.05) is 6.92 Å². The summed E-state index contributed by atoms with van der Waals surface area (Å²) in [5, 5.41) is 14.2. The zero-order valence-electron chi connectivity index (χ0n) is 11.8. The van der Waals surface area contributed by atoms with Crippen LogP contribution in [-0.4, -0.2) is 23.7 Å². The Morgan fingerprint density at radius 1 is 1.40 bits per heavy atom. The molecule has 0 aliphatic carbocycles. The number of halogens is 1. The van der Waals surface area contributed by atoms with Gasteiger partial charge < -0.3 is 15.7 Å². The van der Waals surface area contributed by atoms with E-state index in [9.17, 15) is 14.0 Å². The molecule has 0 aromatic heterocycles. The monoisotopic (exact) mass is 282 g/mol. The lowest BCUT2D eigenvalue weighted by Gasteiger charge is -2.23. The summed E-state index contributed by atoms with van der Waals surface area (Å²) in [6, 6.07) is 3.50. The molecule has 0 aliphatic heterocycles. The molecular weight excluding hydrogens is 263 g/mol. The Hall–Kier alpha value is -2.11. The molecule has 3 N–H and O–H groups in total. The third-order valence-corrected chi connectivity index (χ3v) is 3.37. The molecule has 0 bridgehead atoms. The van der Waals surface area contributed by atoms with E-state index in [1.807, 2.05) is 0 Å². The van der Waals surface area contributed by atoms with Gasteiger partial charge in [0.2, 0.25) is 0 Å². The first kappa shape index (κ1) is 15.9. The minimum absolute atomic E-state index is 0.0188. The van der Waals surface area contributed by atoms with Crippen LogP contribution in [0.3, 0.4) is 0 Å². The van der Waals surface area contributed by atoms with E-state index in [1.54, 1.807) is 20.8 Å². The highest BCUT2D eigenvalue weighted by molar-refractivity contribution is 5.90. The van der Waals surface area contributed by atoms with Gasteiger partial charge in [-0.2, -0.15) is 0 Å². The van der Waals surface area contributed by atoms with Crippen molar-refractivity contribution in [1.82, 2.24) is 5.32 Å². The lowest BCUT2D eigenvalue weighted by molar-refractivity contribution is -0.147.